The minimum Gasteiger partial charge on any atom is -0.478 e. The number of aliphatic carboxylic acids is 5. The molecule has 0 amide bonds. The van der Waals surface area contributed by atoms with E-state index in [1.807, 2.05) is 0 Å². The summed E-state index contributed by atoms with van der Waals surface area (Å²) < 4.78 is 0. The van der Waals surface area contributed by atoms with Crippen LogP contribution in [0.25, 0.3) is 0 Å². The van der Waals surface area contributed by atoms with Crippen molar-refractivity contribution in [1.82, 2.24) is 0 Å². The molecule has 0 aliphatic heterocycles. The standard InChI is InChI=1S/5C8H14O2.V/c5*1-2-3-4-5-6-7-8(9)10;/h5*6-7H,2-5H2,1H3,(H,9,10);. The van der Waals surface area contributed by atoms with E-state index in [9.17, 15) is 24.0 Å². The maximum absolute atomic E-state index is 9.95. The van der Waals surface area contributed by atoms with Gasteiger partial charge in [0.2, 0.25) is 0 Å². The normalized spacial score (nSPS) is 10.3. The summed E-state index contributed by atoms with van der Waals surface area (Å²) in [5.41, 5.74) is 0. The smallest absolute Gasteiger partial charge is 0.327 e. The first-order valence-electron chi connectivity index (χ1n) is 18.3. The molecule has 1 radical (unpaired) electrons. The van der Waals surface area contributed by atoms with Gasteiger partial charge in [0.1, 0.15) is 0 Å². The number of allylic oxidation sites excluding steroid dienone is 5. The van der Waals surface area contributed by atoms with E-state index in [4.69, 9.17) is 25.5 Å². The Morgan fingerprint density at radius 1 is 0.314 bits per heavy atom. The number of carboxylic acid groups (broad SMARTS) is 5. The second kappa shape index (κ2) is 56.0. The molecule has 0 saturated carbocycles. The van der Waals surface area contributed by atoms with Gasteiger partial charge in [-0.1, -0.05) is 129 Å². The van der Waals surface area contributed by atoms with E-state index in [-0.39, 0.29) is 18.6 Å². The third-order valence-corrected chi connectivity index (χ3v) is 6.17. The first-order valence-corrected chi connectivity index (χ1v) is 18.3. The average molecular weight is 762 g/mol. The number of unbranched alkanes of at least 4 members (excludes halogenated alkanes) is 15. The van der Waals surface area contributed by atoms with Crippen molar-refractivity contribution in [3.63, 3.8) is 0 Å². The fraction of sp³-hybridized carbons (Fsp3) is 0.625. The molecule has 0 aromatic heterocycles. The monoisotopic (exact) mass is 761 g/mol. The van der Waals surface area contributed by atoms with E-state index in [2.05, 4.69) is 34.6 Å². The maximum Gasteiger partial charge on any atom is 0.327 e. The van der Waals surface area contributed by atoms with E-state index in [0.29, 0.717) is 0 Å². The third-order valence-electron chi connectivity index (χ3n) is 6.17. The van der Waals surface area contributed by atoms with Crippen LogP contribution in [-0.4, -0.2) is 55.4 Å². The number of carbonyl (C=O) groups is 5. The van der Waals surface area contributed by atoms with Gasteiger partial charge in [-0.15, -0.1) is 0 Å². The maximum atomic E-state index is 9.95. The minimum absolute atomic E-state index is 0. The van der Waals surface area contributed by atoms with Crippen molar-refractivity contribution in [2.75, 3.05) is 0 Å². The summed E-state index contributed by atoms with van der Waals surface area (Å²) in [6, 6.07) is 0. The van der Waals surface area contributed by atoms with Gasteiger partial charge in [-0.2, -0.15) is 0 Å². The van der Waals surface area contributed by atoms with Crippen LogP contribution in [0.1, 0.15) is 163 Å². The number of rotatable bonds is 25. The topological polar surface area (TPSA) is 186 Å². The van der Waals surface area contributed by atoms with Crippen LogP contribution in [0.5, 0.6) is 0 Å². The molecule has 295 valence electrons. The Bertz CT molecular complexity index is 763. The Morgan fingerprint density at radius 2 is 0.451 bits per heavy atom. The van der Waals surface area contributed by atoms with Gasteiger partial charge in [0.25, 0.3) is 0 Å². The van der Waals surface area contributed by atoms with Crippen LogP contribution in [-0.2, 0) is 42.5 Å². The predicted molar refractivity (Wildman–Crippen MR) is 205 cm³/mol. The van der Waals surface area contributed by atoms with Gasteiger partial charge in [-0.05, 0) is 64.2 Å². The molecule has 0 atom stereocenters. The Kier molecular flexibility index (Phi) is 65.7. The number of carboxylic acids is 5. The van der Waals surface area contributed by atoms with Gasteiger partial charge < -0.3 is 25.5 Å². The zero-order valence-corrected chi connectivity index (χ0v) is 33.5. The molecule has 0 aliphatic carbocycles. The molecule has 0 unspecified atom stereocenters. The molecule has 0 spiro atoms. The van der Waals surface area contributed by atoms with Gasteiger partial charge >= 0.3 is 29.8 Å². The van der Waals surface area contributed by atoms with E-state index in [1.54, 1.807) is 30.4 Å². The molecular formula is C40H70O10V. The van der Waals surface area contributed by atoms with Crippen LogP contribution < -0.4 is 0 Å². The summed E-state index contributed by atoms with van der Waals surface area (Å²) in [6.45, 7) is 10.6. The molecule has 0 fully saturated rings. The molecule has 0 aromatic rings. The summed E-state index contributed by atoms with van der Waals surface area (Å²) in [7, 11) is 0. The van der Waals surface area contributed by atoms with Gasteiger partial charge in [0.05, 0.1) is 0 Å². The molecule has 10 nitrogen and oxygen atoms in total. The van der Waals surface area contributed by atoms with E-state index in [1.165, 1.54) is 94.6 Å². The summed E-state index contributed by atoms with van der Waals surface area (Å²) in [5, 5.41) is 40.9. The molecule has 0 saturated heterocycles. The van der Waals surface area contributed by atoms with E-state index < -0.39 is 29.8 Å². The van der Waals surface area contributed by atoms with Gasteiger partial charge in [0.15, 0.2) is 0 Å². The first-order chi connectivity index (χ1) is 23.9. The van der Waals surface area contributed by atoms with Crippen molar-refractivity contribution in [3.05, 3.63) is 60.8 Å². The Labute approximate surface area is 320 Å². The number of hydrogen-bond acceptors (Lipinski definition) is 5. The molecule has 0 rings (SSSR count). The van der Waals surface area contributed by atoms with Gasteiger partial charge in [0, 0.05) is 48.9 Å². The van der Waals surface area contributed by atoms with E-state index >= 15 is 0 Å². The molecule has 51 heavy (non-hydrogen) atoms. The van der Waals surface area contributed by atoms with Crippen molar-refractivity contribution < 1.29 is 68.1 Å². The van der Waals surface area contributed by atoms with Crippen molar-refractivity contribution in [2.24, 2.45) is 0 Å². The van der Waals surface area contributed by atoms with Crippen molar-refractivity contribution in [1.29, 1.82) is 0 Å². The number of hydrogen-bond donors (Lipinski definition) is 5. The second-order valence-electron chi connectivity index (χ2n) is 11.2. The van der Waals surface area contributed by atoms with Crippen LogP contribution in [0.15, 0.2) is 60.8 Å². The fourth-order valence-electron chi connectivity index (χ4n) is 3.48. The van der Waals surface area contributed by atoms with Crippen LogP contribution >= 0.6 is 0 Å². The van der Waals surface area contributed by atoms with Gasteiger partial charge in [-0.25, -0.2) is 24.0 Å². The molecule has 0 heterocycles. The van der Waals surface area contributed by atoms with E-state index in [0.717, 1.165) is 64.2 Å². The Hall–Kier alpha value is -3.37. The largest absolute Gasteiger partial charge is 0.478 e. The summed E-state index contributed by atoms with van der Waals surface area (Å²) >= 11 is 0. The quantitative estimate of drug-likeness (QED) is 0.0442. The average Bonchev–Trinajstić information content (AvgIpc) is 3.05. The molecular weight excluding hydrogens is 691 g/mol. The zero-order chi connectivity index (χ0) is 39.1. The summed E-state index contributed by atoms with van der Waals surface area (Å²) in [5.74, 6) is -4.25. The molecule has 5 N–H and O–H groups in total. The van der Waals surface area contributed by atoms with Crippen LogP contribution in [0.2, 0.25) is 0 Å². The summed E-state index contributed by atoms with van der Waals surface area (Å²) in [4.78, 5) is 49.7. The van der Waals surface area contributed by atoms with Crippen molar-refractivity contribution in [3.8, 4) is 0 Å². The molecule has 0 aromatic carbocycles. The molecule has 0 bridgehead atoms. The summed E-state index contributed by atoms with van der Waals surface area (Å²) in [6.07, 6.45) is 36.3. The van der Waals surface area contributed by atoms with Gasteiger partial charge in [-0.3, -0.25) is 0 Å². The van der Waals surface area contributed by atoms with Crippen LogP contribution in [0.3, 0.4) is 0 Å². The van der Waals surface area contributed by atoms with Crippen molar-refractivity contribution in [2.45, 2.75) is 163 Å². The zero-order valence-electron chi connectivity index (χ0n) is 32.1. The van der Waals surface area contributed by atoms with Crippen LogP contribution in [0.4, 0.5) is 0 Å². The second-order valence-corrected chi connectivity index (χ2v) is 11.2. The SMILES string of the molecule is CCCCCC=CC(=O)O.CCCCCC=CC(=O)O.CCCCCC=CC(=O)O.CCCCCC=CC(=O)O.CCCCCC=CC(=O)O.[V]. The Morgan fingerprint density at radius 3 is 0.549 bits per heavy atom. The minimum atomic E-state index is -0.850. The Balaban J connectivity index is -0.000000123. The predicted octanol–water partition coefficient (Wildman–Crippen LogP) is 11.0. The molecule has 11 heteroatoms. The third kappa shape index (κ3) is 92.8. The van der Waals surface area contributed by atoms with Crippen LogP contribution in [0, 0.1) is 0 Å². The molecule has 0 aliphatic rings. The first kappa shape index (κ1) is 59.8. The van der Waals surface area contributed by atoms with Crippen molar-refractivity contribution >= 4 is 29.8 Å². The fourth-order valence-corrected chi connectivity index (χ4v) is 3.48.